The van der Waals surface area contributed by atoms with Gasteiger partial charge in [0, 0.05) is 4.88 Å². The van der Waals surface area contributed by atoms with E-state index in [1.807, 2.05) is 31.2 Å². The number of fused-ring (bicyclic) bond motifs is 3. The largest absolute Gasteiger partial charge is 0.494 e. The molecule has 2 atom stereocenters. The predicted octanol–water partition coefficient (Wildman–Crippen LogP) is 5.54. The van der Waals surface area contributed by atoms with Gasteiger partial charge in [0.2, 0.25) is 0 Å². The maximum Gasteiger partial charge on any atom is 0.256 e. The van der Waals surface area contributed by atoms with E-state index < -0.39 is 0 Å². The van der Waals surface area contributed by atoms with Crippen molar-refractivity contribution in [3.63, 3.8) is 0 Å². The third-order valence-electron chi connectivity index (χ3n) is 6.58. The second-order valence-electron chi connectivity index (χ2n) is 8.54. The first-order valence-corrected chi connectivity index (χ1v) is 11.2. The Hall–Kier alpha value is -2.01. The summed E-state index contributed by atoms with van der Waals surface area (Å²) in [5, 5.41) is 7.74. The number of carbonyl (C=O) groups excluding carboxylic acids is 1. The van der Waals surface area contributed by atoms with E-state index in [2.05, 4.69) is 31.4 Å². The highest BCUT2D eigenvalue weighted by Gasteiger charge is 2.37. The fourth-order valence-corrected chi connectivity index (χ4v) is 5.70. The summed E-state index contributed by atoms with van der Waals surface area (Å²) in [6.07, 6.45) is 4.27. The van der Waals surface area contributed by atoms with Crippen molar-refractivity contribution in [2.75, 3.05) is 11.9 Å². The van der Waals surface area contributed by atoms with Crippen LogP contribution in [0.15, 0.2) is 24.3 Å². The highest BCUT2D eigenvalue weighted by atomic mass is 32.1. The van der Waals surface area contributed by atoms with E-state index in [0.717, 1.165) is 34.7 Å². The molecule has 0 fully saturated rings. The summed E-state index contributed by atoms with van der Waals surface area (Å²) in [7, 11) is 0. The van der Waals surface area contributed by atoms with E-state index in [9.17, 15) is 4.79 Å². The molecule has 28 heavy (non-hydrogen) atoms. The van der Waals surface area contributed by atoms with Gasteiger partial charge < -0.3 is 15.4 Å². The Labute approximate surface area is 171 Å². The summed E-state index contributed by atoms with van der Waals surface area (Å²) < 4.78 is 5.52. The van der Waals surface area contributed by atoms with E-state index >= 15 is 0 Å². The third-order valence-corrected chi connectivity index (χ3v) is 7.77. The predicted molar refractivity (Wildman–Crippen MR) is 115 cm³/mol. The standard InChI is InChI=1S/C23H30N2O2S/c1-5-23(3,4)15-9-12-17-18(13-15)28-22-19(17)21(26)24-20(25-22)14-7-10-16(11-8-14)27-6-2/h7-8,10-11,15,20,25H,5-6,9,12-13H2,1-4H3,(H,24,26). The van der Waals surface area contributed by atoms with Gasteiger partial charge in [-0.2, -0.15) is 0 Å². The lowest BCUT2D eigenvalue weighted by molar-refractivity contribution is 0.0934. The molecule has 150 valence electrons. The van der Waals surface area contributed by atoms with Crippen molar-refractivity contribution in [3.05, 3.63) is 45.8 Å². The van der Waals surface area contributed by atoms with Crippen molar-refractivity contribution in [2.24, 2.45) is 11.3 Å². The van der Waals surface area contributed by atoms with E-state index in [-0.39, 0.29) is 12.1 Å². The zero-order valence-electron chi connectivity index (χ0n) is 17.2. The van der Waals surface area contributed by atoms with Gasteiger partial charge in [-0.3, -0.25) is 4.79 Å². The molecule has 1 amide bonds. The normalized spacial score (nSPS) is 21.4. The van der Waals surface area contributed by atoms with E-state index in [1.165, 1.54) is 23.3 Å². The number of hydrogen-bond acceptors (Lipinski definition) is 4. The van der Waals surface area contributed by atoms with Crippen LogP contribution in [0.25, 0.3) is 0 Å². The highest BCUT2D eigenvalue weighted by molar-refractivity contribution is 7.16. The molecule has 2 aromatic rings. The molecule has 1 aromatic heterocycles. The number of ether oxygens (including phenoxy) is 1. The van der Waals surface area contributed by atoms with Crippen molar-refractivity contribution >= 4 is 22.2 Å². The number of carbonyl (C=O) groups is 1. The Morgan fingerprint density at radius 1 is 1.18 bits per heavy atom. The van der Waals surface area contributed by atoms with Crippen molar-refractivity contribution in [2.45, 2.75) is 59.5 Å². The quantitative estimate of drug-likeness (QED) is 0.695. The molecule has 2 heterocycles. The first-order chi connectivity index (χ1) is 13.4. The van der Waals surface area contributed by atoms with Crippen LogP contribution in [-0.2, 0) is 12.8 Å². The van der Waals surface area contributed by atoms with Crippen LogP contribution >= 0.6 is 11.3 Å². The molecule has 1 aliphatic heterocycles. The molecule has 1 aliphatic carbocycles. The van der Waals surface area contributed by atoms with E-state index in [1.54, 1.807) is 11.3 Å². The van der Waals surface area contributed by atoms with Crippen molar-refractivity contribution in [3.8, 4) is 5.75 Å². The number of amides is 1. The van der Waals surface area contributed by atoms with Gasteiger partial charge in [-0.15, -0.1) is 11.3 Å². The van der Waals surface area contributed by atoms with Crippen molar-refractivity contribution in [1.82, 2.24) is 5.32 Å². The lowest BCUT2D eigenvalue weighted by Crippen LogP contribution is -2.38. The Kier molecular flexibility index (Phi) is 5.13. The highest BCUT2D eigenvalue weighted by Crippen LogP contribution is 2.46. The minimum atomic E-state index is -0.196. The summed E-state index contributed by atoms with van der Waals surface area (Å²) in [6.45, 7) is 9.67. The van der Waals surface area contributed by atoms with Gasteiger partial charge in [0.15, 0.2) is 0 Å². The molecule has 5 heteroatoms. The maximum atomic E-state index is 12.9. The number of rotatable bonds is 5. The first-order valence-electron chi connectivity index (χ1n) is 10.4. The summed E-state index contributed by atoms with van der Waals surface area (Å²) >= 11 is 1.78. The van der Waals surface area contributed by atoms with Gasteiger partial charge in [0.05, 0.1) is 12.2 Å². The summed E-state index contributed by atoms with van der Waals surface area (Å²) in [4.78, 5) is 14.3. The van der Waals surface area contributed by atoms with Gasteiger partial charge in [-0.05, 0) is 60.8 Å². The SMILES string of the molecule is CCOc1ccc(C2NC(=O)c3c(sc4c3CCC(C(C)(C)CC)C4)N2)cc1. The zero-order valence-corrected chi connectivity index (χ0v) is 18.0. The molecule has 0 bridgehead atoms. The van der Waals surface area contributed by atoms with Crippen LogP contribution in [0.4, 0.5) is 5.00 Å². The molecular formula is C23H30N2O2S. The molecule has 4 rings (SSSR count). The molecule has 2 unspecified atom stereocenters. The average molecular weight is 399 g/mol. The van der Waals surface area contributed by atoms with Crippen molar-refractivity contribution in [1.29, 1.82) is 0 Å². The summed E-state index contributed by atoms with van der Waals surface area (Å²) in [5.41, 5.74) is 3.55. The average Bonchev–Trinajstić information content (AvgIpc) is 3.07. The Morgan fingerprint density at radius 3 is 2.61 bits per heavy atom. The number of thiophene rings is 1. The van der Waals surface area contributed by atoms with Gasteiger partial charge in [0.1, 0.15) is 16.9 Å². The lowest BCUT2D eigenvalue weighted by atomic mass is 9.69. The maximum absolute atomic E-state index is 12.9. The van der Waals surface area contributed by atoms with Crippen LogP contribution in [0.1, 0.15) is 73.1 Å². The number of benzene rings is 1. The van der Waals surface area contributed by atoms with Gasteiger partial charge in [-0.1, -0.05) is 39.3 Å². The molecule has 2 aliphatic rings. The summed E-state index contributed by atoms with van der Waals surface area (Å²) in [6, 6.07) is 7.95. The van der Waals surface area contributed by atoms with Crippen LogP contribution in [0.2, 0.25) is 0 Å². The monoisotopic (exact) mass is 398 g/mol. The van der Waals surface area contributed by atoms with Gasteiger partial charge in [0.25, 0.3) is 5.91 Å². The van der Waals surface area contributed by atoms with Crippen LogP contribution < -0.4 is 15.4 Å². The van der Waals surface area contributed by atoms with Gasteiger partial charge in [-0.25, -0.2) is 0 Å². The zero-order chi connectivity index (χ0) is 19.9. The Balaban J connectivity index is 1.57. The summed E-state index contributed by atoms with van der Waals surface area (Å²) in [5.74, 6) is 1.60. The number of anilines is 1. The molecule has 0 saturated heterocycles. The van der Waals surface area contributed by atoms with Crippen LogP contribution in [0, 0.1) is 11.3 Å². The Morgan fingerprint density at radius 2 is 1.93 bits per heavy atom. The molecular weight excluding hydrogens is 368 g/mol. The van der Waals surface area contributed by atoms with E-state index in [0.29, 0.717) is 17.9 Å². The van der Waals surface area contributed by atoms with Crippen LogP contribution in [0.3, 0.4) is 0 Å². The van der Waals surface area contributed by atoms with Gasteiger partial charge >= 0.3 is 0 Å². The minimum absolute atomic E-state index is 0.0540. The lowest BCUT2D eigenvalue weighted by Gasteiger charge is -2.36. The Bertz CT molecular complexity index is 869. The third kappa shape index (κ3) is 3.41. The number of hydrogen-bond donors (Lipinski definition) is 2. The topological polar surface area (TPSA) is 50.4 Å². The smallest absolute Gasteiger partial charge is 0.256 e. The minimum Gasteiger partial charge on any atom is -0.494 e. The second kappa shape index (κ2) is 7.43. The molecule has 0 spiro atoms. The molecule has 4 nitrogen and oxygen atoms in total. The van der Waals surface area contributed by atoms with Crippen molar-refractivity contribution < 1.29 is 9.53 Å². The molecule has 1 aromatic carbocycles. The first kappa shape index (κ1) is 19.3. The fourth-order valence-electron chi connectivity index (χ4n) is 4.34. The molecule has 0 radical (unpaired) electrons. The second-order valence-corrected chi connectivity index (χ2v) is 9.65. The van der Waals surface area contributed by atoms with E-state index in [4.69, 9.17) is 4.74 Å². The molecule has 2 N–H and O–H groups in total. The fraction of sp³-hybridized carbons (Fsp3) is 0.522. The number of nitrogens with one attached hydrogen (secondary N) is 2. The van der Waals surface area contributed by atoms with Crippen LogP contribution in [0.5, 0.6) is 5.75 Å². The molecule has 0 saturated carbocycles. The van der Waals surface area contributed by atoms with Crippen LogP contribution in [-0.4, -0.2) is 12.5 Å².